The van der Waals surface area contributed by atoms with Gasteiger partial charge in [-0.15, -0.1) is 0 Å². The fourth-order valence-corrected chi connectivity index (χ4v) is 6.32. The summed E-state index contributed by atoms with van der Waals surface area (Å²) in [7, 11) is -4.01. The molecule has 1 aromatic heterocycles. The molecule has 2 saturated heterocycles. The van der Waals surface area contributed by atoms with Gasteiger partial charge in [-0.2, -0.15) is 12.7 Å². The molecule has 0 saturated carbocycles. The van der Waals surface area contributed by atoms with E-state index in [1.54, 1.807) is 12.1 Å². The highest BCUT2D eigenvalue weighted by molar-refractivity contribution is 7.87. The van der Waals surface area contributed by atoms with Crippen LogP contribution < -0.4 is 20.1 Å². The molecule has 10 heteroatoms. The van der Waals surface area contributed by atoms with E-state index in [9.17, 15) is 13.2 Å². The molecule has 2 aliphatic heterocycles. The van der Waals surface area contributed by atoms with Gasteiger partial charge in [0.05, 0.1) is 17.9 Å². The lowest BCUT2D eigenvalue weighted by Gasteiger charge is -2.34. The molecule has 0 bridgehead atoms. The number of rotatable bonds is 7. The minimum atomic E-state index is -4.01. The molecule has 9 nitrogen and oxygen atoms in total. The minimum Gasteiger partial charge on any atom is -0.493 e. The molecule has 2 aliphatic rings. The summed E-state index contributed by atoms with van der Waals surface area (Å²) in [6.45, 7) is 10.0. The van der Waals surface area contributed by atoms with Crippen LogP contribution in [0.2, 0.25) is 0 Å². The first kappa shape index (κ1) is 25.4. The fourth-order valence-electron chi connectivity index (χ4n) is 5.11. The van der Waals surface area contributed by atoms with E-state index in [1.165, 1.54) is 4.31 Å². The zero-order chi connectivity index (χ0) is 25.4. The van der Waals surface area contributed by atoms with Crippen LogP contribution >= 0.6 is 0 Å². The first-order valence-corrected chi connectivity index (χ1v) is 13.5. The molecule has 4 rings (SSSR count). The van der Waals surface area contributed by atoms with Gasteiger partial charge < -0.3 is 15.4 Å². The van der Waals surface area contributed by atoms with Gasteiger partial charge in [-0.05, 0) is 63.8 Å². The second-order valence-electron chi connectivity index (χ2n) is 10.1. The average Bonchev–Trinajstić information content (AvgIpc) is 3.35. The molecule has 190 valence electrons. The lowest BCUT2D eigenvalue weighted by atomic mass is 9.97. The molecule has 0 aliphatic carbocycles. The lowest BCUT2D eigenvalue weighted by Crippen LogP contribution is -2.44. The number of anilines is 1. The highest BCUT2D eigenvalue weighted by Gasteiger charge is 2.40. The third-order valence-electron chi connectivity index (χ3n) is 6.66. The van der Waals surface area contributed by atoms with Gasteiger partial charge in [-0.3, -0.25) is 4.79 Å². The molecule has 3 heterocycles. The molecule has 35 heavy (non-hydrogen) atoms. The summed E-state index contributed by atoms with van der Waals surface area (Å²) in [4.78, 5) is 20.4. The Balaban J connectivity index is 1.75. The summed E-state index contributed by atoms with van der Waals surface area (Å²) in [5.74, 6) is 0.867. The van der Waals surface area contributed by atoms with E-state index in [4.69, 9.17) is 15.5 Å². The van der Waals surface area contributed by atoms with Gasteiger partial charge in [0.25, 0.3) is 5.91 Å². The summed E-state index contributed by atoms with van der Waals surface area (Å²) < 4.78 is 35.0. The Kier molecular flexibility index (Phi) is 7.08. The van der Waals surface area contributed by atoms with Crippen molar-refractivity contribution < 1.29 is 17.9 Å². The van der Waals surface area contributed by atoms with Crippen molar-refractivity contribution in [1.29, 1.82) is 0 Å². The number of amides is 1. The number of carbonyl (C=O) groups excluding carboxylic acids is 1. The Hall–Kier alpha value is -2.69. The Labute approximate surface area is 207 Å². The summed E-state index contributed by atoms with van der Waals surface area (Å²) in [6, 6.07) is 10.8. The highest BCUT2D eigenvalue weighted by atomic mass is 32.2. The number of aromatic nitrogens is 1. The number of hydrogen-bond donors (Lipinski definition) is 2. The van der Waals surface area contributed by atoms with Crippen LogP contribution in [0.25, 0.3) is 11.3 Å². The van der Waals surface area contributed by atoms with Crippen molar-refractivity contribution in [3.8, 4) is 17.0 Å². The third-order valence-corrected chi connectivity index (χ3v) is 8.12. The standard InChI is InChI=1S/C25H35N5O4S/c1-5-34-22-9-7-6-8-19(22)21-11-10-20(23(27-21)30-15-17(2)14-25(30,3)4)24(31)28-35(32,33)29-13-12-18(26)16-29/h6-11,17-18H,5,12-16,26H2,1-4H3,(H,28,31)/t17-,18-/m0/s1. The van der Waals surface area contributed by atoms with Gasteiger partial charge in [0, 0.05) is 36.8 Å². The van der Waals surface area contributed by atoms with Gasteiger partial charge in [0.15, 0.2) is 0 Å². The number of ether oxygens (including phenoxy) is 1. The van der Waals surface area contributed by atoms with Crippen LogP contribution in [0.1, 0.15) is 50.9 Å². The predicted molar refractivity (Wildman–Crippen MR) is 137 cm³/mol. The Morgan fingerprint density at radius 3 is 2.60 bits per heavy atom. The third kappa shape index (κ3) is 5.29. The van der Waals surface area contributed by atoms with Crippen molar-refractivity contribution in [2.75, 3.05) is 31.1 Å². The topological polar surface area (TPSA) is 118 Å². The molecule has 3 N–H and O–H groups in total. The number of nitrogens with zero attached hydrogens (tertiary/aromatic N) is 3. The number of pyridine rings is 1. The maximum Gasteiger partial charge on any atom is 0.304 e. The summed E-state index contributed by atoms with van der Waals surface area (Å²) in [5, 5.41) is 0. The zero-order valence-corrected chi connectivity index (χ0v) is 21.6. The Morgan fingerprint density at radius 2 is 1.97 bits per heavy atom. The molecular formula is C25H35N5O4S. The van der Waals surface area contributed by atoms with Crippen LogP contribution in [-0.2, 0) is 10.2 Å². The van der Waals surface area contributed by atoms with E-state index in [1.807, 2.05) is 31.2 Å². The number of para-hydroxylation sites is 1. The first-order chi connectivity index (χ1) is 16.5. The van der Waals surface area contributed by atoms with Crippen molar-refractivity contribution in [2.45, 2.75) is 52.1 Å². The molecule has 1 amide bonds. The smallest absolute Gasteiger partial charge is 0.304 e. The van der Waals surface area contributed by atoms with E-state index in [0.29, 0.717) is 49.3 Å². The second kappa shape index (κ2) is 9.75. The predicted octanol–water partition coefficient (Wildman–Crippen LogP) is 2.78. The summed E-state index contributed by atoms with van der Waals surface area (Å²) in [5.41, 5.74) is 7.31. The van der Waals surface area contributed by atoms with E-state index in [-0.39, 0.29) is 23.7 Å². The van der Waals surface area contributed by atoms with Crippen LogP contribution in [0.4, 0.5) is 5.82 Å². The van der Waals surface area contributed by atoms with Crippen LogP contribution in [-0.4, -0.2) is 61.4 Å². The van der Waals surface area contributed by atoms with Crippen LogP contribution in [0.3, 0.4) is 0 Å². The van der Waals surface area contributed by atoms with E-state index < -0.39 is 16.1 Å². The van der Waals surface area contributed by atoms with Crippen LogP contribution in [0.5, 0.6) is 5.75 Å². The van der Waals surface area contributed by atoms with Crippen molar-refractivity contribution in [3.05, 3.63) is 42.0 Å². The quantitative estimate of drug-likeness (QED) is 0.599. The second-order valence-corrected chi connectivity index (χ2v) is 11.7. The van der Waals surface area contributed by atoms with Crippen molar-refractivity contribution >= 4 is 21.9 Å². The van der Waals surface area contributed by atoms with Gasteiger partial charge in [0.2, 0.25) is 0 Å². The van der Waals surface area contributed by atoms with Crippen molar-refractivity contribution in [2.24, 2.45) is 11.7 Å². The molecule has 0 unspecified atom stereocenters. The maximum absolute atomic E-state index is 13.3. The molecule has 0 spiro atoms. The van der Waals surface area contributed by atoms with Crippen LogP contribution in [0, 0.1) is 5.92 Å². The molecule has 2 aromatic rings. The monoisotopic (exact) mass is 501 g/mol. The Morgan fingerprint density at radius 1 is 1.23 bits per heavy atom. The normalized spacial score (nSPS) is 22.4. The summed E-state index contributed by atoms with van der Waals surface area (Å²) >= 11 is 0. The SMILES string of the molecule is CCOc1ccccc1-c1ccc(C(=O)NS(=O)(=O)N2CC[C@H](N)C2)c(N2C[C@@H](C)CC2(C)C)n1. The average molecular weight is 502 g/mol. The number of hydrogen-bond acceptors (Lipinski definition) is 7. The van der Waals surface area contributed by atoms with Crippen molar-refractivity contribution in [3.63, 3.8) is 0 Å². The van der Waals surface area contributed by atoms with Gasteiger partial charge in [-0.25, -0.2) is 9.71 Å². The van der Waals surface area contributed by atoms with Gasteiger partial charge >= 0.3 is 10.2 Å². The van der Waals surface area contributed by atoms with Crippen molar-refractivity contribution in [1.82, 2.24) is 14.0 Å². The maximum atomic E-state index is 13.3. The van der Waals surface area contributed by atoms with E-state index >= 15 is 0 Å². The van der Waals surface area contributed by atoms with Gasteiger partial charge in [0.1, 0.15) is 11.6 Å². The molecule has 2 fully saturated rings. The number of benzene rings is 1. The molecular weight excluding hydrogens is 466 g/mol. The minimum absolute atomic E-state index is 0.192. The number of nitrogens with one attached hydrogen (secondary N) is 1. The Bertz CT molecular complexity index is 1200. The van der Waals surface area contributed by atoms with E-state index in [2.05, 4.69) is 30.4 Å². The molecule has 2 atom stereocenters. The number of carbonyl (C=O) groups is 1. The number of nitrogens with two attached hydrogens (primary N) is 1. The van der Waals surface area contributed by atoms with Gasteiger partial charge in [-0.1, -0.05) is 19.1 Å². The zero-order valence-electron chi connectivity index (χ0n) is 20.8. The lowest BCUT2D eigenvalue weighted by molar-refractivity contribution is 0.0979. The van der Waals surface area contributed by atoms with Crippen LogP contribution in [0.15, 0.2) is 36.4 Å². The molecule has 1 aromatic carbocycles. The fraction of sp³-hybridized carbons (Fsp3) is 0.520. The first-order valence-electron chi connectivity index (χ1n) is 12.1. The molecule has 0 radical (unpaired) electrons. The largest absolute Gasteiger partial charge is 0.493 e. The highest BCUT2D eigenvalue weighted by Crippen LogP contribution is 2.39. The summed E-state index contributed by atoms with van der Waals surface area (Å²) in [6.07, 6.45) is 1.50. The van der Waals surface area contributed by atoms with E-state index in [0.717, 1.165) is 12.0 Å².